The molecule has 0 aromatic heterocycles. The van der Waals surface area contributed by atoms with Crippen LogP contribution in [0.25, 0.3) is 0 Å². The summed E-state index contributed by atoms with van der Waals surface area (Å²) in [6.07, 6.45) is 1.89. The van der Waals surface area contributed by atoms with E-state index in [0.29, 0.717) is 17.7 Å². The molecule has 3 nitrogen and oxygen atoms in total. The highest BCUT2D eigenvalue weighted by atomic mass is 35.5. The number of phenolic OH excluding ortho intramolecular Hbond substituents is 1. The molecule has 1 amide bonds. The number of hydrogen-bond acceptors (Lipinski definition) is 2. The van der Waals surface area contributed by atoms with Crippen LogP contribution in [0.5, 0.6) is 5.75 Å². The maximum atomic E-state index is 11.8. The number of carbonyl (C=O) groups is 1. The van der Waals surface area contributed by atoms with Crippen molar-refractivity contribution in [3.8, 4) is 5.75 Å². The molecule has 2 N–H and O–H groups in total. The van der Waals surface area contributed by atoms with E-state index >= 15 is 0 Å². The van der Waals surface area contributed by atoms with E-state index in [0.717, 1.165) is 12.8 Å². The average Bonchev–Trinajstić information content (AvgIpc) is 2.30. The summed E-state index contributed by atoms with van der Waals surface area (Å²) >= 11 is 6.01. The van der Waals surface area contributed by atoms with E-state index in [-0.39, 0.29) is 17.0 Å². The van der Waals surface area contributed by atoms with Gasteiger partial charge in [0.05, 0.1) is 5.38 Å². The van der Waals surface area contributed by atoms with Gasteiger partial charge in [-0.2, -0.15) is 0 Å². The summed E-state index contributed by atoms with van der Waals surface area (Å²) in [5, 5.41) is 12.1. The summed E-state index contributed by atoms with van der Waals surface area (Å²) in [6, 6.07) is 4.78. The minimum absolute atomic E-state index is 0.0258. The summed E-state index contributed by atoms with van der Waals surface area (Å²) < 4.78 is 0. The maximum Gasteiger partial charge on any atom is 0.251 e. The molecule has 0 saturated heterocycles. The number of rotatable bonds is 5. The van der Waals surface area contributed by atoms with Crippen LogP contribution in [-0.4, -0.2) is 22.9 Å². The number of alkyl halides is 1. The normalized spacial score (nSPS) is 12.2. The van der Waals surface area contributed by atoms with Crippen LogP contribution < -0.4 is 5.32 Å². The number of carbonyl (C=O) groups excluding carboxylic acids is 1. The van der Waals surface area contributed by atoms with Crippen molar-refractivity contribution in [2.24, 2.45) is 0 Å². The molecule has 0 aliphatic heterocycles. The lowest BCUT2D eigenvalue weighted by atomic mass is 10.1. The minimum Gasteiger partial charge on any atom is -0.508 e. The number of aromatic hydroxyl groups is 1. The summed E-state index contributed by atoms with van der Waals surface area (Å²) in [4.78, 5) is 11.8. The van der Waals surface area contributed by atoms with Gasteiger partial charge >= 0.3 is 0 Å². The van der Waals surface area contributed by atoms with Gasteiger partial charge in [0.15, 0.2) is 0 Å². The van der Waals surface area contributed by atoms with Crippen molar-refractivity contribution in [2.75, 3.05) is 6.54 Å². The first kappa shape index (κ1) is 13.8. The molecular weight excluding hydrogens is 238 g/mol. The predicted octanol–water partition coefficient (Wildman–Crippen LogP) is 2.84. The average molecular weight is 256 g/mol. The molecule has 0 aliphatic rings. The van der Waals surface area contributed by atoms with E-state index in [4.69, 9.17) is 11.6 Å². The first-order valence-electron chi connectivity index (χ1n) is 5.76. The van der Waals surface area contributed by atoms with Gasteiger partial charge < -0.3 is 10.4 Å². The molecule has 0 fully saturated rings. The van der Waals surface area contributed by atoms with Gasteiger partial charge in [-0.15, -0.1) is 11.6 Å². The lowest BCUT2D eigenvalue weighted by Crippen LogP contribution is -2.29. The van der Waals surface area contributed by atoms with Crippen molar-refractivity contribution in [3.63, 3.8) is 0 Å². The Bertz CT molecular complexity index is 393. The van der Waals surface area contributed by atoms with E-state index < -0.39 is 0 Å². The fraction of sp³-hybridized carbons (Fsp3) is 0.462. The van der Waals surface area contributed by atoms with Crippen molar-refractivity contribution < 1.29 is 9.90 Å². The fourth-order valence-corrected chi connectivity index (χ4v) is 1.81. The molecule has 4 heteroatoms. The van der Waals surface area contributed by atoms with Crippen LogP contribution in [0.15, 0.2) is 18.2 Å². The number of hydrogen-bond donors (Lipinski definition) is 2. The van der Waals surface area contributed by atoms with Crippen molar-refractivity contribution >= 4 is 17.5 Å². The Morgan fingerprint density at radius 2 is 2.24 bits per heavy atom. The molecule has 1 aromatic carbocycles. The Morgan fingerprint density at radius 1 is 1.53 bits per heavy atom. The van der Waals surface area contributed by atoms with Crippen LogP contribution in [0.1, 0.15) is 35.7 Å². The van der Waals surface area contributed by atoms with Crippen LogP contribution in [0.3, 0.4) is 0 Å². The lowest BCUT2D eigenvalue weighted by molar-refractivity contribution is 0.0953. The second kappa shape index (κ2) is 6.50. The standard InChI is InChI=1S/C13H18ClNO2/c1-3-4-11(14)8-15-13(17)10-5-6-12(16)9(2)7-10/h5-7,11,16H,3-4,8H2,1-2H3,(H,15,17). The number of nitrogens with one attached hydrogen (secondary N) is 1. The molecule has 0 heterocycles. The molecule has 1 atom stereocenters. The quantitative estimate of drug-likeness (QED) is 0.795. The molecular formula is C13H18ClNO2. The van der Waals surface area contributed by atoms with E-state index in [1.165, 1.54) is 6.07 Å². The third-order valence-corrected chi connectivity index (χ3v) is 2.92. The number of amides is 1. The third-order valence-electron chi connectivity index (χ3n) is 2.54. The van der Waals surface area contributed by atoms with Crippen molar-refractivity contribution in [1.29, 1.82) is 0 Å². The second-order valence-electron chi connectivity index (χ2n) is 4.10. The molecule has 1 unspecified atom stereocenters. The van der Waals surface area contributed by atoms with E-state index in [2.05, 4.69) is 12.2 Å². The van der Waals surface area contributed by atoms with E-state index in [1.54, 1.807) is 19.1 Å². The van der Waals surface area contributed by atoms with Crippen LogP contribution in [-0.2, 0) is 0 Å². The van der Waals surface area contributed by atoms with Gasteiger partial charge in [0.25, 0.3) is 5.91 Å². The van der Waals surface area contributed by atoms with Gasteiger partial charge in [-0.05, 0) is 37.1 Å². The van der Waals surface area contributed by atoms with Crippen LogP contribution >= 0.6 is 11.6 Å². The highest BCUT2D eigenvalue weighted by Crippen LogP contribution is 2.16. The monoisotopic (exact) mass is 255 g/mol. The minimum atomic E-state index is -0.158. The fourth-order valence-electron chi connectivity index (χ4n) is 1.52. The Kier molecular flexibility index (Phi) is 5.29. The number of benzene rings is 1. The summed E-state index contributed by atoms with van der Waals surface area (Å²) in [6.45, 7) is 4.28. The second-order valence-corrected chi connectivity index (χ2v) is 4.71. The maximum absolute atomic E-state index is 11.8. The van der Waals surface area contributed by atoms with Gasteiger partial charge in [0.1, 0.15) is 5.75 Å². The van der Waals surface area contributed by atoms with Crippen LogP contribution in [0, 0.1) is 6.92 Å². The predicted molar refractivity (Wildman–Crippen MR) is 69.7 cm³/mol. The zero-order valence-corrected chi connectivity index (χ0v) is 10.9. The highest BCUT2D eigenvalue weighted by molar-refractivity contribution is 6.20. The number of aryl methyl sites for hydroxylation is 1. The summed E-state index contributed by atoms with van der Waals surface area (Å²) in [7, 11) is 0. The van der Waals surface area contributed by atoms with Gasteiger partial charge in [-0.3, -0.25) is 4.79 Å². The molecule has 94 valence electrons. The molecule has 0 bridgehead atoms. The largest absolute Gasteiger partial charge is 0.508 e. The molecule has 1 rings (SSSR count). The van der Waals surface area contributed by atoms with Crippen molar-refractivity contribution in [2.45, 2.75) is 32.1 Å². The van der Waals surface area contributed by atoms with Crippen molar-refractivity contribution in [1.82, 2.24) is 5.32 Å². The highest BCUT2D eigenvalue weighted by Gasteiger charge is 2.09. The Balaban J connectivity index is 2.55. The van der Waals surface area contributed by atoms with Gasteiger partial charge in [-0.1, -0.05) is 13.3 Å². The SMILES string of the molecule is CCCC(Cl)CNC(=O)c1ccc(O)c(C)c1. The molecule has 1 aromatic rings. The van der Waals surface area contributed by atoms with Gasteiger partial charge in [0, 0.05) is 12.1 Å². The number of halogens is 1. The summed E-state index contributed by atoms with van der Waals surface area (Å²) in [5.41, 5.74) is 1.23. The zero-order chi connectivity index (χ0) is 12.8. The smallest absolute Gasteiger partial charge is 0.251 e. The molecule has 0 saturated carbocycles. The first-order chi connectivity index (χ1) is 8.04. The third kappa shape index (κ3) is 4.27. The Labute approximate surface area is 107 Å². The molecule has 0 radical (unpaired) electrons. The van der Waals surface area contributed by atoms with Crippen LogP contribution in [0.4, 0.5) is 0 Å². The molecule has 0 spiro atoms. The van der Waals surface area contributed by atoms with E-state index in [9.17, 15) is 9.90 Å². The van der Waals surface area contributed by atoms with Crippen molar-refractivity contribution in [3.05, 3.63) is 29.3 Å². The van der Waals surface area contributed by atoms with E-state index in [1.807, 2.05) is 0 Å². The summed E-state index contributed by atoms with van der Waals surface area (Å²) in [5.74, 6) is 0.0394. The Morgan fingerprint density at radius 3 is 2.82 bits per heavy atom. The first-order valence-corrected chi connectivity index (χ1v) is 6.20. The van der Waals surface area contributed by atoms with Crippen LogP contribution in [0.2, 0.25) is 0 Å². The molecule has 17 heavy (non-hydrogen) atoms. The molecule has 0 aliphatic carbocycles. The van der Waals surface area contributed by atoms with Gasteiger partial charge in [0.2, 0.25) is 0 Å². The number of phenols is 1. The topological polar surface area (TPSA) is 49.3 Å². The van der Waals surface area contributed by atoms with Gasteiger partial charge in [-0.25, -0.2) is 0 Å². The lowest BCUT2D eigenvalue weighted by Gasteiger charge is -2.10. The zero-order valence-electron chi connectivity index (χ0n) is 10.2. The Hall–Kier alpha value is -1.22.